The van der Waals surface area contributed by atoms with Crippen LogP contribution in [0.3, 0.4) is 0 Å². The molecule has 1 N–H and O–H groups in total. The average Bonchev–Trinajstić information content (AvgIpc) is 1.91. The summed E-state index contributed by atoms with van der Waals surface area (Å²) in [7, 11) is 0. The van der Waals surface area contributed by atoms with Gasteiger partial charge in [-0.25, -0.2) is 4.39 Å². The van der Waals surface area contributed by atoms with Crippen LogP contribution in [0.2, 0.25) is 0 Å². The minimum atomic E-state index is -0.768. The first-order valence-electron chi connectivity index (χ1n) is 4.28. The van der Waals surface area contributed by atoms with Gasteiger partial charge < -0.3 is 5.11 Å². The van der Waals surface area contributed by atoms with Gasteiger partial charge >= 0.3 is 0 Å². The van der Waals surface area contributed by atoms with Gasteiger partial charge in [-0.3, -0.25) is 4.90 Å². The normalized spacial score (nSPS) is 29.5. The SMILES string of the molecule is OC(CF)CN1CC2(CSC2)C1. The van der Waals surface area contributed by atoms with E-state index in [1.54, 1.807) is 0 Å². The lowest BCUT2D eigenvalue weighted by Gasteiger charge is -2.55. The molecule has 0 amide bonds. The first-order chi connectivity index (χ1) is 5.74. The average molecular weight is 191 g/mol. The second kappa shape index (κ2) is 3.16. The van der Waals surface area contributed by atoms with Crippen molar-refractivity contribution >= 4 is 11.8 Å². The summed E-state index contributed by atoms with van der Waals surface area (Å²) in [5.74, 6) is 2.52. The van der Waals surface area contributed by atoms with E-state index in [2.05, 4.69) is 4.90 Å². The Kier molecular flexibility index (Phi) is 2.31. The first-order valence-corrected chi connectivity index (χ1v) is 5.44. The van der Waals surface area contributed by atoms with Crippen molar-refractivity contribution in [3.8, 4) is 0 Å². The van der Waals surface area contributed by atoms with E-state index in [0.717, 1.165) is 13.1 Å². The molecule has 2 heterocycles. The van der Waals surface area contributed by atoms with Crippen molar-refractivity contribution < 1.29 is 9.50 Å². The molecule has 2 saturated heterocycles. The minimum Gasteiger partial charge on any atom is -0.389 e. The Labute approximate surface area is 76.1 Å². The number of β-amino-alcohol motifs (C(OH)–C–C–N with tert-alkyl or cyclic N) is 1. The highest BCUT2D eigenvalue weighted by molar-refractivity contribution is 8.00. The lowest BCUT2D eigenvalue weighted by Crippen LogP contribution is -2.64. The maximum absolute atomic E-state index is 11.9. The van der Waals surface area contributed by atoms with Gasteiger partial charge in [-0.15, -0.1) is 0 Å². The molecule has 70 valence electrons. The van der Waals surface area contributed by atoms with E-state index in [-0.39, 0.29) is 0 Å². The van der Waals surface area contributed by atoms with Gasteiger partial charge in [-0.1, -0.05) is 0 Å². The molecule has 0 radical (unpaired) electrons. The highest BCUT2D eigenvalue weighted by Gasteiger charge is 2.47. The summed E-state index contributed by atoms with van der Waals surface area (Å²) in [5.41, 5.74) is 0.556. The quantitative estimate of drug-likeness (QED) is 0.697. The molecule has 12 heavy (non-hydrogen) atoms. The smallest absolute Gasteiger partial charge is 0.117 e. The highest BCUT2D eigenvalue weighted by atomic mass is 32.2. The molecular weight excluding hydrogens is 177 g/mol. The van der Waals surface area contributed by atoms with E-state index in [0.29, 0.717) is 12.0 Å². The Morgan fingerprint density at radius 3 is 2.58 bits per heavy atom. The van der Waals surface area contributed by atoms with Crippen LogP contribution in [0.4, 0.5) is 4.39 Å². The van der Waals surface area contributed by atoms with E-state index >= 15 is 0 Å². The molecule has 0 bridgehead atoms. The van der Waals surface area contributed by atoms with Gasteiger partial charge in [0.25, 0.3) is 0 Å². The molecule has 0 aromatic rings. The standard InChI is InChI=1S/C8H14FNOS/c9-1-7(11)2-10-3-8(4-10)5-12-6-8/h7,11H,1-6H2. The van der Waals surface area contributed by atoms with Crippen molar-refractivity contribution in [2.24, 2.45) is 5.41 Å². The lowest BCUT2D eigenvalue weighted by atomic mass is 9.83. The van der Waals surface area contributed by atoms with Crippen LogP contribution < -0.4 is 0 Å². The predicted octanol–water partition coefficient (Wildman–Crippen LogP) is 0.366. The number of rotatable bonds is 3. The zero-order chi connectivity index (χ0) is 8.60. The van der Waals surface area contributed by atoms with E-state index in [9.17, 15) is 4.39 Å². The number of aliphatic hydroxyl groups is 1. The third-order valence-corrected chi connectivity index (χ3v) is 4.21. The van der Waals surface area contributed by atoms with Crippen molar-refractivity contribution in [1.29, 1.82) is 0 Å². The second-order valence-corrected chi connectivity index (χ2v) is 4.96. The van der Waals surface area contributed by atoms with Crippen LogP contribution in [0, 0.1) is 5.41 Å². The molecule has 2 rings (SSSR count). The zero-order valence-corrected chi connectivity index (χ0v) is 7.82. The van der Waals surface area contributed by atoms with Gasteiger partial charge in [0.05, 0.1) is 6.10 Å². The zero-order valence-electron chi connectivity index (χ0n) is 7.00. The van der Waals surface area contributed by atoms with Gasteiger partial charge in [-0.2, -0.15) is 11.8 Å². The molecule has 2 nitrogen and oxygen atoms in total. The Morgan fingerprint density at radius 2 is 2.17 bits per heavy atom. The van der Waals surface area contributed by atoms with Crippen LogP contribution >= 0.6 is 11.8 Å². The summed E-state index contributed by atoms with van der Waals surface area (Å²) < 4.78 is 11.9. The fourth-order valence-electron chi connectivity index (χ4n) is 1.95. The van der Waals surface area contributed by atoms with E-state index in [1.165, 1.54) is 11.5 Å². The summed E-state index contributed by atoms with van der Waals surface area (Å²) in [6.07, 6.45) is -0.768. The maximum Gasteiger partial charge on any atom is 0.117 e. The minimum absolute atomic E-state index is 0.517. The first kappa shape index (κ1) is 8.78. The van der Waals surface area contributed by atoms with Gasteiger partial charge in [0.1, 0.15) is 6.67 Å². The summed E-state index contributed by atoms with van der Waals surface area (Å²) in [6.45, 7) is 2.04. The summed E-state index contributed by atoms with van der Waals surface area (Å²) in [6, 6.07) is 0. The third-order valence-electron chi connectivity index (χ3n) is 2.58. The third kappa shape index (κ3) is 1.47. The predicted molar refractivity (Wildman–Crippen MR) is 48.2 cm³/mol. The number of hydrogen-bond acceptors (Lipinski definition) is 3. The lowest BCUT2D eigenvalue weighted by molar-refractivity contribution is -0.0112. The summed E-state index contributed by atoms with van der Waals surface area (Å²) in [5, 5.41) is 9.03. The van der Waals surface area contributed by atoms with Crippen molar-refractivity contribution in [2.75, 3.05) is 37.8 Å². The van der Waals surface area contributed by atoms with Crippen molar-refractivity contribution in [1.82, 2.24) is 4.90 Å². The number of thioether (sulfide) groups is 1. The van der Waals surface area contributed by atoms with Gasteiger partial charge in [0, 0.05) is 36.6 Å². The van der Waals surface area contributed by atoms with Gasteiger partial charge in [0.2, 0.25) is 0 Å². The second-order valence-electron chi connectivity index (χ2n) is 3.97. The number of hydrogen-bond donors (Lipinski definition) is 1. The largest absolute Gasteiger partial charge is 0.389 e. The van der Waals surface area contributed by atoms with Crippen molar-refractivity contribution in [3.63, 3.8) is 0 Å². The molecule has 2 fully saturated rings. The monoisotopic (exact) mass is 191 g/mol. The molecular formula is C8H14FNOS. The molecule has 1 spiro atoms. The van der Waals surface area contributed by atoms with Crippen LogP contribution in [-0.4, -0.2) is 53.9 Å². The fourth-order valence-corrected chi connectivity index (χ4v) is 3.10. The van der Waals surface area contributed by atoms with E-state index in [4.69, 9.17) is 5.11 Å². The topological polar surface area (TPSA) is 23.5 Å². The number of halogens is 1. The Morgan fingerprint density at radius 1 is 1.50 bits per heavy atom. The van der Waals surface area contributed by atoms with Gasteiger partial charge in [-0.05, 0) is 0 Å². The van der Waals surface area contributed by atoms with Gasteiger partial charge in [0.15, 0.2) is 0 Å². The number of nitrogens with zero attached hydrogens (tertiary/aromatic N) is 1. The molecule has 2 aliphatic rings. The highest BCUT2D eigenvalue weighted by Crippen LogP contribution is 2.45. The number of aliphatic hydroxyl groups excluding tert-OH is 1. The molecule has 4 heteroatoms. The van der Waals surface area contributed by atoms with Crippen molar-refractivity contribution in [3.05, 3.63) is 0 Å². The molecule has 1 atom stereocenters. The molecule has 0 saturated carbocycles. The molecule has 2 aliphatic heterocycles. The Balaban J connectivity index is 1.67. The van der Waals surface area contributed by atoms with Crippen LogP contribution in [0.5, 0.6) is 0 Å². The van der Waals surface area contributed by atoms with Crippen LogP contribution in [0.25, 0.3) is 0 Å². The molecule has 1 unspecified atom stereocenters. The Bertz CT molecular complexity index is 164. The summed E-state index contributed by atoms with van der Waals surface area (Å²) in [4.78, 5) is 2.14. The van der Waals surface area contributed by atoms with Crippen LogP contribution in [0.15, 0.2) is 0 Å². The molecule has 0 aromatic carbocycles. The fraction of sp³-hybridized carbons (Fsp3) is 1.00. The van der Waals surface area contributed by atoms with E-state index < -0.39 is 12.8 Å². The summed E-state index contributed by atoms with van der Waals surface area (Å²) >= 11 is 1.98. The van der Waals surface area contributed by atoms with Crippen LogP contribution in [-0.2, 0) is 0 Å². The van der Waals surface area contributed by atoms with Crippen molar-refractivity contribution in [2.45, 2.75) is 6.10 Å². The number of alkyl halides is 1. The van der Waals surface area contributed by atoms with E-state index in [1.807, 2.05) is 11.8 Å². The number of likely N-dealkylation sites (tertiary alicyclic amines) is 1. The Hall–Kier alpha value is 0.200. The molecule has 0 aromatic heterocycles. The molecule has 0 aliphatic carbocycles. The maximum atomic E-state index is 11.9. The van der Waals surface area contributed by atoms with Crippen LogP contribution in [0.1, 0.15) is 0 Å².